The molecule has 1 aliphatic carbocycles. The minimum absolute atomic E-state index is 0.212. The van der Waals surface area contributed by atoms with Gasteiger partial charge >= 0.3 is 0 Å². The van der Waals surface area contributed by atoms with Gasteiger partial charge in [0.15, 0.2) is 5.82 Å². The number of aromatic nitrogens is 2. The van der Waals surface area contributed by atoms with Gasteiger partial charge in [-0.25, -0.2) is 9.97 Å². The van der Waals surface area contributed by atoms with Crippen molar-refractivity contribution in [2.75, 3.05) is 25.0 Å². The van der Waals surface area contributed by atoms with E-state index in [0.29, 0.717) is 6.04 Å². The van der Waals surface area contributed by atoms with E-state index < -0.39 is 0 Å². The van der Waals surface area contributed by atoms with Crippen molar-refractivity contribution in [3.63, 3.8) is 0 Å². The van der Waals surface area contributed by atoms with Crippen molar-refractivity contribution >= 4 is 5.82 Å². The monoisotopic (exact) mass is 498 g/mol. The molecule has 3 aromatic rings. The maximum atomic E-state index is 10.2. The summed E-state index contributed by atoms with van der Waals surface area (Å²) in [6, 6.07) is 15.9. The molecule has 2 aromatic carbocycles. The summed E-state index contributed by atoms with van der Waals surface area (Å²) >= 11 is 0. The van der Waals surface area contributed by atoms with E-state index in [1.165, 1.54) is 52.6 Å². The van der Waals surface area contributed by atoms with Gasteiger partial charge in [-0.1, -0.05) is 56.3 Å². The Morgan fingerprint density at radius 3 is 2.35 bits per heavy atom. The smallest absolute Gasteiger partial charge is 0.162 e. The molecular weight excluding hydrogens is 456 g/mol. The van der Waals surface area contributed by atoms with Crippen LogP contribution in [-0.4, -0.2) is 46.2 Å². The summed E-state index contributed by atoms with van der Waals surface area (Å²) in [6.07, 6.45) is 6.87. The van der Waals surface area contributed by atoms with E-state index in [-0.39, 0.29) is 6.10 Å². The van der Waals surface area contributed by atoms with Crippen LogP contribution in [0.1, 0.15) is 79.1 Å². The van der Waals surface area contributed by atoms with Gasteiger partial charge in [0, 0.05) is 42.5 Å². The summed E-state index contributed by atoms with van der Waals surface area (Å²) in [5, 5.41) is 10.2. The molecule has 1 fully saturated rings. The predicted octanol–water partition coefficient (Wildman–Crippen LogP) is 6.05. The van der Waals surface area contributed by atoms with E-state index in [0.717, 1.165) is 62.7 Å². The van der Waals surface area contributed by atoms with Gasteiger partial charge in [-0.05, 0) is 81.2 Å². The average molecular weight is 499 g/mol. The second kappa shape index (κ2) is 11.3. The Kier molecular flexibility index (Phi) is 7.92. The van der Waals surface area contributed by atoms with Crippen molar-refractivity contribution in [3.8, 4) is 11.4 Å². The Balaban J connectivity index is 1.56. The van der Waals surface area contributed by atoms with Crippen LogP contribution in [0.5, 0.6) is 0 Å². The van der Waals surface area contributed by atoms with Crippen LogP contribution >= 0.6 is 0 Å². The molecule has 0 radical (unpaired) electrons. The lowest BCUT2D eigenvalue weighted by Gasteiger charge is -2.36. The van der Waals surface area contributed by atoms with Crippen LogP contribution in [0.3, 0.4) is 0 Å². The topological polar surface area (TPSA) is 52.5 Å². The van der Waals surface area contributed by atoms with Gasteiger partial charge < -0.3 is 10.0 Å². The SMILES string of the molecule is CCc1cccc(CC)c1-c1nc(C)c(CN(C)[C@H]2CCCc3ccccc32)c(N2CCC(O)CC2)n1. The fraction of sp³-hybridized carbons (Fsp3) is 0.500. The third-order valence-electron chi connectivity index (χ3n) is 8.46. The molecule has 1 aromatic heterocycles. The van der Waals surface area contributed by atoms with Crippen molar-refractivity contribution in [1.82, 2.24) is 14.9 Å². The van der Waals surface area contributed by atoms with Crippen LogP contribution in [0, 0.1) is 6.92 Å². The Morgan fingerprint density at radius 2 is 1.65 bits per heavy atom. The fourth-order valence-corrected chi connectivity index (χ4v) is 6.29. The van der Waals surface area contributed by atoms with E-state index in [9.17, 15) is 5.11 Å². The Morgan fingerprint density at radius 1 is 0.946 bits per heavy atom. The largest absolute Gasteiger partial charge is 0.393 e. The Bertz CT molecular complexity index is 1210. The van der Waals surface area contributed by atoms with Gasteiger partial charge in [0.05, 0.1) is 6.10 Å². The summed E-state index contributed by atoms with van der Waals surface area (Å²) in [7, 11) is 2.26. The first-order chi connectivity index (χ1) is 18.0. The molecule has 37 heavy (non-hydrogen) atoms. The summed E-state index contributed by atoms with van der Waals surface area (Å²) in [4.78, 5) is 15.4. The zero-order chi connectivity index (χ0) is 25.9. The van der Waals surface area contributed by atoms with Crippen molar-refractivity contribution in [2.24, 2.45) is 0 Å². The zero-order valence-corrected chi connectivity index (χ0v) is 23.0. The molecule has 0 bridgehead atoms. The molecule has 5 heteroatoms. The molecule has 0 unspecified atom stereocenters. The van der Waals surface area contributed by atoms with E-state index in [1.54, 1.807) is 0 Å². The number of hydrogen-bond donors (Lipinski definition) is 1. The second-order valence-electron chi connectivity index (χ2n) is 10.8. The summed E-state index contributed by atoms with van der Waals surface area (Å²) < 4.78 is 0. The van der Waals surface area contributed by atoms with E-state index in [4.69, 9.17) is 9.97 Å². The number of benzene rings is 2. The minimum atomic E-state index is -0.212. The number of rotatable bonds is 7. The number of piperidine rings is 1. The molecule has 2 aliphatic rings. The molecule has 1 aliphatic heterocycles. The first-order valence-electron chi connectivity index (χ1n) is 14.2. The van der Waals surface area contributed by atoms with Gasteiger partial charge in [0.25, 0.3) is 0 Å². The molecular formula is C32H42N4O. The van der Waals surface area contributed by atoms with Crippen molar-refractivity contribution in [3.05, 3.63) is 76.0 Å². The second-order valence-corrected chi connectivity index (χ2v) is 10.8. The summed E-state index contributed by atoms with van der Waals surface area (Å²) in [6.45, 7) is 9.06. The highest BCUT2D eigenvalue weighted by Gasteiger charge is 2.28. The minimum Gasteiger partial charge on any atom is -0.393 e. The average Bonchev–Trinajstić information content (AvgIpc) is 2.93. The molecule has 0 spiro atoms. The first kappa shape index (κ1) is 25.9. The van der Waals surface area contributed by atoms with E-state index in [2.05, 4.69) is 80.1 Å². The lowest BCUT2D eigenvalue weighted by atomic mass is 9.87. The number of aliphatic hydroxyl groups is 1. The highest BCUT2D eigenvalue weighted by atomic mass is 16.3. The van der Waals surface area contributed by atoms with Gasteiger partial charge in [0.2, 0.25) is 0 Å². The maximum Gasteiger partial charge on any atom is 0.162 e. The lowest BCUT2D eigenvalue weighted by Crippen LogP contribution is -2.38. The van der Waals surface area contributed by atoms with Crippen molar-refractivity contribution in [1.29, 1.82) is 0 Å². The molecule has 1 saturated heterocycles. The Labute approximate surface area is 222 Å². The predicted molar refractivity (Wildman–Crippen MR) is 152 cm³/mol. The van der Waals surface area contributed by atoms with Crippen LogP contribution in [0.15, 0.2) is 42.5 Å². The number of anilines is 1. The van der Waals surface area contributed by atoms with Gasteiger partial charge in [0.1, 0.15) is 5.82 Å². The maximum absolute atomic E-state index is 10.2. The Hall–Kier alpha value is -2.76. The standard InChI is InChI=1S/C32H42N4O/c1-5-23-12-9-13-24(6-2)30(23)31-33-22(3)28(32(34-31)36-19-17-26(37)18-20-36)21-35(4)29-16-10-14-25-11-7-8-15-27(25)29/h7-9,11-13,15,26,29,37H,5-6,10,14,16-21H2,1-4H3/t29-/m0/s1. The number of hydrogen-bond acceptors (Lipinski definition) is 5. The van der Waals surface area contributed by atoms with Crippen LogP contribution < -0.4 is 4.90 Å². The van der Waals surface area contributed by atoms with Gasteiger partial charge in [-0.3, -0.25) is 4.90 Å². The third kappa shape index (κ3) is 5.30. The van der Waals surface area contributed by atoms with Crippen LogP contribution in [0.4, 0.5) is 5.82 Å². The number of aliphatic hydroxyl groups excluding tert-OH is 1. The molecule has 0 saturated carbocycles. The molecule has 196 valence electrons. The van der Waals surface area contributed by atoms with Gasteiger partial charge in [-0.15, -0.1) is 0 Å². The summed E-state index contributed by atoms with van der Waals surface area (Å²) in [5.74, 6) is 1.90. The molecule has 1 N–H and O–H groups in total. The normalized spacial score (nSPS) is 18.3. The van der Waals surface area contributed by atoms with E-state index in [1.807, 2.05) is 0 Å². The van der Waals surface area contributed by atoms with Crippen molar-refractivity contribution in [2.45, 2.75) is 84.4 Å². The number of nitrogens with zero attached hydrogens (tertiary/aromatic N) is 4. The third-order valence-corrected chi connectivity index (χ3v) is 8.46. The molecule has 0 amide bonds. The number of aryl methyl sites for hydroxylation is 4. The highest BCUT2D eigenvalue weighted by Crippen LogP contribution is 2.37. The van der Waals surface area contributed by atoms with E-state index >= 15 is 0 Å². The molecule has 2 heterocycles. The fourth-order valence-electron chi connectivity index (χ4n) is 6.29. The zero-order valence-electron chi connectivity index (χ0n) is 23.0. The summed E-state index contributed by atoms with van der Waals surface area (Å²) in [5.41, 5.74) is 9.06. The lowest BCUT2D eigenvalue weighted by molar-refractivity contribution is 0.145. The molecule has 5 nitrogen and oxygen atoms in total. The van der Waals surface area contributed by atoms with Crippen LogP contribution in [0.2, 0.25) is 0 Å². The molecule has 1 atom stereocenters. The first-order valence-corrected chi connectivity index (χ1v) is 14.2. The van der Waals surface area contributed by atoms with Gasteiger partial charge in [-0.2, -0.15) is 0 Å². The molecule has 5 rings (SSSR count). The highest BCUT2D eigenvalue weighted by molar-refractivity contribution is 5.68. The number of fused-ring (bicyclic) bond motifs is 1. The van der Waals surface area contributed by atoms with Crippen LogP contribution in [-0.2, 0) is 25.8 Å². The quantitative estimate of drug-likeness (QED) is 0.430. The van der Waals surface area contributed by atoms with Crippen LogP contribution in [0.25, 0.3) is 11.4 Å². The van der Waals surface area contributed by atoms with Crippen molar-refractivity contribution < 1.29 is 5.11 Å².